The SMILES string of the molecule is CC[C@H](C)[C@H](NC(=O)[C@@H](NC(=O)[C@H](CCCNC(=N)N)NC(=O)[C@H](CC(=O)O)NC(=O)[C@@H](NC(=O)[C@H](Cc1ccccc1)NC(=O)[C@@H](N)[C@@H](C)O)[C@@H](C)O)[C@@H](C)O)C(=O)N[C@@H](Cc1c[nH]cn1)C(=O)O. The minimum atomic E-state index is -1.99. The zero-order valence-corrected chi connectivity index (χ0v) is 39.4. The number of H-pyrrole nitrogens is 1. The summed E-state index contributed by atoms with van der Waals surface area (Å²) in [5, 5.41) is 77.1. The first-order valence-corrected chi connectivity index (χ1v) is 22.3. The lowest BCUT2D eigenvalue weighted by Gasteiger charge is -2.30. The van der Waals surface area contributed by atoms with Crippen molar-refractivity contribution in [3.05, 3.63) is 54.1 Å². The molecule has 0 bridgehead atoms. The van der Waals surface area contributed by atoms with Crippen molar-refractivity contribution in [1.29, 1.82) is 5.41 Å². The first kappa shape index (κ1) is 58.9. The maximum Gasteiger partial charge on any atom is 0.326 e. The molecular formula is C43H67N13O14. The van der Waals surface area contributed by atoms with Crippen LogP contribution in [0.1, 0.15) is 71.6 Å². The van der Waals surface area contributed by atoms with E-state index in [4.69, 9.17) is 16.9 Å². The van der Waals surface area contributed by atoms with Crippen LogP contribution in [0.5, 0.6) is 0 Å². The van der Waals surface area contributed by atoms with Crippen LogP contribution < -0.4 is 54.0 Å². The minimum absolute atomic E-state index is 0.00232. The van der Waals surface area contributed by atoms with Crippen LogP contribution in [-0.2, 0) is 56.0 Å². The molecule has 1 aromatic heterocycles. The summed E-state index contributed by atoms with van der Waals surface area (Å²) in [4.78, 5) is 126. The van der Waals surface area contributed by atoms with Gasteiger partial charge >= 0.3 is 11.9 Å². The van der Waals surface area contributed by atoms with Gasteiger partial charge in [0.2, 0.25) is 41.4 Å². The van der Waals surface area contributed by atoms with Crippen molar-refractivity contribution in [2.75, 3.05) is 6.54 Å². The molecule has 0 unspecified atom stereocenters. The van der Waals surface area contributed by atoms with Gasteiger partial charge in [-0.3, -0.25) is 43.8 Å². The number of amides is 7. The van der Waals surface area contributed by atoms with Gasteiger partial charge in [0.25, 0.3) is 0 Å². The van der Waals surface area contributed by atoms with Gasteiger partial charge in [0.05, 0.1) is 36.8 Å². The molecule has 0 radical (unpaired) electrons. The van der Waals surface area contributed by atoms with Crippen LogP contribution in [0.3, 0.4) is 0 Å². The number of rotatable bonds is 30. The highest BCUT2D eigenvalue weighted by molar-refractivity contribution is 5.98. The monoisotopic (exact) mass is 989 g/mol. The predicted molar refractivity (Wildman–Crippen MR) is 247 cm³/mol. The smallest absolute Gasteiger partial charge is 0.326 e. The normalized spacial score (nSPS) is 16.2. The van der Waals surface area contributed by atoms with E-state index in [0.29, 0.717) is 17.7 Å². The molecule has 2 aromatic rings. The standard InChI is InChI=1S/C43H67N13O14/c1-6-20(2)32(39(66)53-29(42(69)70)16-25-18-47-19-49-25)54-41(68)34(23(5)59)55-35(62)26(13-10-14-48-43(45)46)50-36(63)28(17-30(60)61)52-40(67)33(22(4)58)56-37(64)27(15-24-11-8-7-9-12-24)51-38(65)31(44)21(3)57/h7-9,11-12,18-23,26-29,31-34,57-59H,6,10,13-17,44H2,1-5H3,(H,47,49)(H,50,63)(H,51,65)(H,52,67)(H,53,66)(H,54,68)(H,55,62)(H,56,64)(H,60,61)(H,69,70)(H4,45,46,48)/t20-,21+,22+,23+,26-,27-,28-,29-,31-,32-,33-,34-/m0/s1. The number of aromatic nitrogens is 2. The van der Waals surface area contributed by atoms with Crippen LogP contribution >= 0.6 is 0 Å². The summed E-state index contributed by atoms with van der Waals surface area (Å²) in [6, 6.07) is -4.79. The van der Waals surface area contributed by atoms with Crippen molar-refractivity contribution < 1.29 is 68.7 Å². The molecule has 388 valence electrons. The van der Waals surface area contributed by atoms with E-state index >= 15 is 0 Å². The van der Waals surface area contributed by atoms with Crippen LogP contribution in [-0.4, -0.2) is 168 Å². The molecule has 0 aliphatic heterocycles. The second kappa shape index (κ2) is 28.9. The molecular weight excluding hydrogens is 923 g/mol. The number of aliphatic hydroxyl groups is 3. The van der Waals surface area contributed by atoms with E-state index in [-0.39, 0.29) is 32.2 Å². The Hall–Kier alpha value is -7.23. The lowest BCUT2D eigenvalue weighted by Crippen LogP contribution is -2.63. The number of imidazole rings is 1. The number of aliphatic hydroxyl groups excluding tert-OH is 3. The highest BCUT2D eigenvalue weighted by Gasteiger charge is 2.38. The Morgan fingerprint density at radius 1 is 0.657 bits per heavy atom. The summed E-state index contributed by atoms with van der Waals surface area (Å²) >= 11 is 0. The first-order valence-electron chi connectivity index (χ1n) is 22.3. The molecule has 0 saturated heterocycles. The number of benzene rings is 1. The third-order valence-corrected chi connectivity index (χ3v) is 10.9. The number of aromatic amines is 1. The van der Waals surface area contributed by atoms with Gasteiger partial charge < -0.3 is 84.5 Å². The van der Waals surface area contributed by atoms with Crippen molar-refractivity contribution >= 4 is 59.2 Å². The average Bonchev–Trinajstić information content (AvgIpc) is 3.81. The number of carbonyl (C=O) groups excluding carboxylic acids is 7. The number of nitrogens with one attached hydrogen (secondary N) is 10. The van der Waals surface area contributed by atoms with E-state index in [0.717, 1.165) is 13.8 Å². The Balaban J connectivity index is 2.39. The van der Waals surface area contributed by atoms with E-state index in [2.05, 4.69) is 52.5 Å². The summed E-state index contributed by atoms with van der Waals surface area (Å²) in [7, 11) is 0. The Morgan fingerprint density at radius 3 is 1.66 bits per heavy atom. The fraction of sp³-hybridized carbons (Fsp3) is 0.558. The third-order valence-electron chi connectivity index (χ3n) is 10.9. The second-order valence-corrected chi connectivity index (χ2v) is 16.7. The topological polar surface area (TPSA) is 456 Å². The molecule has 0 saturated carbocycles. The number of aliphatic carboxylic acids is 2. The molecule has 19 N–H and O–H groups in total. The van der Waals surface area contributed by atoms with Gasteiger partial charge in [0.15, 0.2) is 5.96 Å². The van der Waals surface area contributed by atoms with E-state index in [1.54, 1.807) is 44.2 Å². The minimum Gasteiger partial charge on any atom is -0.481 e. The van der Waals surface area contributed by atoms with E-state index < -0.39 is 138 Å². The summed E-state index contributed by atoms with van der Waals surface area (Å²) < 4.78 is 0. The lowest BCUT2D eigenvalue weighted by molar-refractivity contribution is -0.143. The second-order valence-electron chi connectivity index (χ2n) is 16.7. The zero-order chi connectivity index (χ0) is 52.8. The van der Waals surface area contributed by atoms with Gasteiger partial charge in [0, 0.05) is 25.6 Å². The van der Waals surface area contributed by atoms with Crippen molar-refractivity contribution in [3.63, 3.8) is 0 Å². The third kappa shape index (κ3) is 19.8. The average molecular weight is 990 g/mol. The van der Waals surface area contributed by atoms with Gasteiger partial charge in [-0.2, -0.15) is 0 Å². The maximum atomic E-state index is 14.0. The molecule has 0 fully saturated rings. The number of hydrogen-bond acceptors (Lipinski definition) is 15. The molecule has 1 heterocycles. The van der Waals surface area contributed by atoms with Crippen molar-refractivity contribution in [2.24, 2.45) is 17.4 Å². The van der Waals surface area contributed by atoms with Crippen molar-refractivity contribution in [3.8, 4) is 0 Å². The number of carboxylic acids is 2. The number of nitrogens with zero attached hydrogens (tertiary/aromatic N) is 1. The number of carboxylic acid groups (broad SMARTS) is 2. The highest BCUT2D eigenvalue weighted by Crippen LogP contribution is 2.12. The lowest BCUT2D eigenvalue weighted by atomic mass is 9.96. The van der Waals surface area contributed by atoms with Crippen LogP contribution in [0.25, 0.3) is 0 Å². The quantitative estimate of drug-likeness (QED) is 0.0198. The molecule has 7 amide bonds. The number of nitrogens with two attached hydrogens (primary N) is 2. The van der Waals surface area contributed by atoms with Gasteiger partial charge in [-0.15, -0.1) is 0 Å². The van der Waals surface area contributed by atoms with Gasteiger partial charge in [0.1, 0.15) is 48.3 Å². The molecule has 2 rings (SSSR count). The van der Waals surface area contributed by atoms with Crippen LogP contribution in [0, 0.1) is 11.3 Å². The Labute approximate surface area is 403 Å². The van der Waals surface area contributed by atoms with Crippen LogP contribution in [0.2, 0.25) is 0 Å². The molecule has 0 spiro atoms. The Morgan fingerprint density at radius 2 is 1.16 bits per heavy atom. The van der Waals surface area contributed by atoms with Crippen molar-refractivity contribution in [1.82, 2.24) is 52.5 Å². The molecule has 27 nitrogen and oxygen atoms in total. The van der Waals surface area contributed by atoms with Crippen LogP contribution in [0.15, 0.2) is 42.9 Å². The van der Waals surface area contributed by atoms with Gasteiger partial charge in [-0.05, 0) is 45.1 Å². The fourth-order valence-corrected chi connectivity index (χ4v) is 6.60. The predicted octanol–water partition coefficient (Wildman–Crippen LogP) is -5.07. The summed E-state index contributed by atoms with van der Waals surface area (Å²) in [5.74, 6) is -11.7. The van der Waals surface area contributed by atoms with E-state index in [1.807, 2.05) is 0 Å². The number of carbonyl (C=O) groups is 9. The molecule has 0 aliphatic rings. The molecule has 27 heteroatoms. The summed E-state index contributed by atoms with van der Waals surface area (Å²) in [5.41, 5.74) is 12.0. The summed E-state index contributed by atoms with van der Waals surface area (Å²) in [6.45, 7) is 6.74. The maximum absolute atomic E-state index is 14.0. The molecule has 1 aromatic carbocycles. The Kier molecular flexibility index (Phi) is 24.4. The van der Waals surface area contributed by atoms with Gasteiger partial charge in [-0.1, -0.05) is 50.6 Å². The number of guanidine groups is 1. The zero-order valence-electron chi connectivity index (χ0n) is 39.4. The molecule has 12 atom stereocenters. The molecule has 0 aliphatic carbocycles. The molecule has 70 heavy (non-hydrogen) atoms. The fourth-order valence-electron chi connectivity index (χ4n) is 6.60. The Bertz CT molecular complexity index is 2090. The van der Waals surface area contributed by atoms with Crippen LogP contribution in [0.4, 0.5) is 0 Å². The van der Waals surface area contributed by atoms with Gasteiger partial charge in [-0.25, -0.2) is 9.78 Å². The largest absolute Gasteiger partial charge is 0.481 e. The summed E-state index contributed by atoms with van der Waals surface area (Å²) in [6.07, 6.45) is -3.37. The van der Waals surface area contributed by atoms with Crippen molar-refractivity contribution in [2.45, 2.75) is 140 Å². The first-order chi connectivity index (χ1) is 32.9. The van der Waals surface area contributed by atoms with E-state index in [9.17, 15) is 68.7 Å². The highest BCUT2D eigenvalue weighted by atomic mass is 16.4. The number of hydrogen-bond donors (Lipinski definition) is 17. The van der Waals surface area contributed by atoms with E-state index in [1.165, 1.54) is 19.4 Å².